The Balaban J connectivity index is 1.00. The van der Waals surface area contributed by atoms with Crippen LogP contribution in [0.1, 0.15) is 11.1 Å². The molecule has 0 fully saturated rings. The zero-order chi connectivity index (χ0) is 40.2. The van der Waals surface area contributed by atoms with Gasteiger partial charge in [-0.25, -0.2) is 0 Å². The highest BCUT2D eigenvalue weighted by Crippen LogP contribution is 2.40. The van der Waals surface area contributed by atoms with E-state index in [0.717, 1.165) is 77.9 Å². The van der Waals surface area contributed by atoms with Crippen LogP contribution in [0.3, 0.4) is 0 Å². The molecule has 278 valence electrons. The third-order valence-corrected chi connectivity index (χ3v) is 11.8. The number of rotatable bonds is 6. The van der Waals surface area contributed by atoms with E-state index >= 15 is 0 Å². The Hall–Kier alpha value is -8.44. The molecule has 4 heteroatoms. The van der Waals surface area contributed by atoms with E-state index in [0.29, 0.717) is 11.1 Å². The van der Waals surface area contributed by atoms with Crippen LogP contribution in [-0.2, 0) is 0 Å². The molecule has 0 saturated heterocycles. The van der Waals surface area contributed by atoms with E-state index in [1.807, 2.05) is 48.5 Å². The van der Waals surface area contributed by atoms with Gasteiger partial charge in [-0.15, -0.1) is 0 Å². The summed E-state index contributed by atoms with van der Waals surface area (Å²) in [7, 11) is 0. The Bertz CT molecular complexity index is 3270. The van der Waals surface area contributed by atoms with Gasteiger partial charge in [-0.3, -0.25) is 0 Å². The Morgan fingerprint density at radius 2 is 0.517 bits per heavy atom. The van der Waals surface area contributed by atoms with Gasteiger partial charge in [0.2, 0.25) is 0 Å². The van der Waals surface area contributed by atoms with Gasteiger partial charge in [-0.1, -0.05) is 109 Å². The normalized spacial score (nSPS) is 11.3. The molecule has 0 aliphatic heterocycles. The molecular weight excluding hydrogens is 729 g/mol. The van der Waals surface area contributed by atoms with Crippen LogP contribution in [0, 0.1) is 22.7 Å². The summed E-state index contributed by atoms with van der Waals surface area (Å²) in [5, 5.41) is 23.5. The summed E-state index contributed by atoms with van der Waals surface area (Å²) in [6, 6.07) is 77.0. The Morgan fingerprint density at radius 1 is 0.267 bits per heavy atom. The van der Waals surface area contributed by atoms with E-state index in [9.17, 15) is 10.5 Å². The van der Waals surface area contributed by atoms with Crippen molar-refractivity contribution in [1.29, 1.82) is 10.5 Å². The van der Waals surface area contributed by atoms with Crippen molar-refractivity contribution in [3.63, 3.8) is 0 Å². The predicted octanol–water partition coefficient (Wildman–Crippen LogP) is 14.3. The Morgan fingerprint density at radius 3 is 0.783 bits per heavy atom. The lowest BCUT2D eigenvalue weighted by Gasteiger charge is -2.09. The number of nitriles is 2. The second-order valence-electron chi connectivity index (χ2n) is 15.2. The van der Waals surface area contributed by atoms with E-state index in [2.05, 4.69) is 179 Å². The largest absolute Gasteiger partial charge is 0.309 e. The number of nitrogens with zero attached hydrogens (tertiary/aromatic N) is 4. The molecule has 0 spiro atoms. The van der Waals surface area contributed by atoms with Crippen LogP contribution in [0.25, 0.3) is 99.5 Å². The summed E-state index contributed by atoms with van der Waals surface area (Å²) in [6.45, 7) is 0. The molecule has 0 aliphatic carbocycles. The van der Waals surface area contributed by atoms with Crippen LogP contribution >= 0.6 is 0 Å². The maximum atomic E-state index is 9.37. The monoisotopic (exact) mass is 762 g/mol. The van der Waals surface area contributed by atoms with Crippen LogP contribution in [0.15, 0.2) is 206 Å². The molecule has 0 radical (unpaired) electrons. The molecule has 2 heterocycles. The molecule has 11 aromatic rings. The molecule has 4 nitrogen and oxygen atoms in total. The molecule has 0 unspecified atom stereocenters. The van der Waals surface area contributed by atoms with Gasteiger partial charge in [0.15, 0.2) is 0 Å². The number of aromatic nitrogens is 2. The number of hydrogen-bond donors (Lipinski definition) is 0. The first-order valence-corrected chi connectivity index (χ1v) is 20.0. The van der Waals surface area contributed by atoms with Gasteiger partial charge < -0.3 is 9.13 Å². The zero-order valence-electron chi connectivity index (χ0n) is 32.4. The van der Waals surface area contributed by atoms with Crippen LogP contribution in [-0.4, -0.2) is 9.13 Å². The summed E-state index contributed by atoms with van der Waals surface area (Å²) >= 11 is 0. The van der Waals surface area contributed by atoms with Crippen molar-refractivity contribution >= 4 is 43.6 Å². The molecular formula is C56H34N4. The van der Waals surface area contributed by atoms with Crippen LogP contribution in [0.5, 0.6) is 0 Å². The fourth-order valence-electron chi connectivity index (χ4n) is 8.80. The average molecular weight is 763 g/mol. The van der Waals surface area contributed by atoms with E-state index in [1.54, 1.807) is 0 Å². The SMILES string of the molecule is N#Cc1ccc(-c2ccc3c(c2)c2cc(-c4ccc(-c5ccc6c(c5)c5cc(-c7ccc(C#N)cc7)ccc5n6-c5ccccc5)cc4)ccc2n3-c2ccccc2)cc1. The molecule has 2 aromatic heterocycles. The van der Waals surface area contributed by atoms with Gasteiger partial charge in [0.05, 0.1) is 45.3 Å². The van der Waals surface area contributed by atoms with Crippen molar-refractivity contribution in [3.8, 4) is 68.0 Å². The summed E-state index contributed by atoms with van der Waals surface area (Å²) < 4.78 is 4.69. The third-order valence-electron chi connectivity index (χ3n) is 11.8. The van der Waals surface area contributed by atoms with Crippen LogP contribution in [0.4, 0.5) is 0 Å². The smallest absolute Gasteiger partial charge is 0.0991 e. The first kappa shape index (κ1) is 34.8. The van der Waals surface area contributed by atoms with E-state index in [-0.39, 0.29) is 0 Å². The molecule has 9 aromatic carbocycles. The van der Waals surface area contributed by atoms with Gasteiger partial charge in [-0.05, 0) is 142 Å². The molecule has 0 saturated carbocycles. The minimum absolute atomic E-state index is 0.655. The van der Waals surface area contributed by atoms with Crippen molar-refractivity contribution in [2.24, 2.45) is 0 Å². The van der Waals surface area contributed by atoms with Gasteiger partial charge in [0, 0.05) is 32.9 Å². The van der Waals surface area contributed by atoms with E-state index < -0.39 is 0 Å². The van der Waals surface area contributed by atoms with E-state index in [1.165, 1.54) is 21.5 Å². The minimum atomic E-state index is 0.655. The fourth-order valence-corrected chi connectivity index (χ4v) is 8.80. The van der Waals surface area contributed by atoms with Crippen LogP contribution < -0.4 is 0 Å². The minimum Gasteiger partial charge on any atom is -0.309 e. The maximum Gasteiger partial charge on any atom is 0.0991 e. The Labute approximate surface area is 347 Å². The lowest BCUT2D eigenvalue weighted by Crippen LogP contribution is -1.93. The second kappa shape index (κ2) is 14.2. The quantitative estimate of drug-likeness (QED) is 0.169. The summed E-state index contributed by atoms with van der Waals surface area (Å²) in [4.78, 5) is 0. The van der Waals surface area contributed by atoms with Crippen molar-refractivity contribution in [2.75, 3.05) is 0 Å². The highest BCUT2D eigenvalue weighted by Gasteiger charge is 2.17. The number of hydrogen-bond acceptors (Lipinski definition) is 2. The molecule has 11 rings (SSSR count). The predicted molar refractivity (Wildman–Crippen MR) is 246 cm³/mol. The topological polar surface area (TPSA) is 57.4 Å². The molecule has 0 N–H and O–H groups in total. The molecule has 0 aliphatic rings. The second-order valence-corrected chi connectivity index (χ2v) is 15.2. The first-order chi connectivity index (χ1) is 29.6. The zero-order valence-corrected chi connectivity index (χ0v) is 32.4. The Kier molecular flexibility index (Phi) is 8.22. The van der Waals surface area contributed by atoms with Crippen molar-refractivity contribution < 1.29 is 0 Å². The molecule has 0 amide bonds. The highest BCUT2D eigenvalue weighted by molar-refractivity contribution is 6.13. The van der Waals surface area contributed by atoms with Gasteiger partial charge in [0.25, 0.3) is 0 Å². The van der Waals surface area contributed by atoms with Crippen molar-refractivity contribution in [1.82, 2.24) is 9.13 Å². The lowest BCUT2D eigenvalue weighted by molar-refractivity contribution is 1.18. The maximum absolute atomic E-state index is 9.37. The highest BCUT2D eigenvalue weighted by atomic mass is 15.0. The summed E-state index contributed by atoms with van der Waals surface area (Å²) in [6.07, 6.45) is 0. The fraction of sp³-hybridized carbons (Fsp3) is 0. The van der Waals surface area contributed by atoms with Crippen molar-refractivity contribution in [2.45, 2.75) is 0 Å². The number of para-hydroxylation sites is 2. The van der Waals surface area contributed by atoms with Crippen molar-refractivity contribution in [3.05, 3.63) is 217 Å². The molecule has 0 bridgehead atoms. The summed E-state index contributed by atoms with van der Waals surface area (Å²) in [5.41, 5.74) is 17.2. The lowest BCUT2D eigenvalue weighted by atomic mass is 9.97. The number of fused-ring (bicyclic) bond motifs is 6. The average Bonchev–Trinajstić information content (AvgIpc) is 3.83. The summed E-state index contributed by atoms with van der Waals surface area (Å²) in [5.74, 6) is 0. The standard InChI is InChI=1S/C56H34N4/c57-35-37-11-15-39(16-12-37)43-23-27-53-49(31-43)51-33-45(25-29-55(51)59(53)47-7-3-1-4-8-47)41-19-21-42(22-20-41)46-26-30-56-52(34-46)50-32-44(40-17-13-38(36-58)14-18-40)24-28-54(50)60(56)48-9-5-2-6-10-48/h1-34H. The van der Waals surface area contributed by atoms with Crippen LogP contribution in [0.2, 0.25) is 0 Å². The van der Waals surface area contributed by atoms with Gasteiger partial charge in [-0.2, -0.15) is 10.5 Å². The molecule has 0 atom stereocenters. The third kappa shape index (κ3) is 5.83. The van der Waals surface area contributed by atoms with E-state index in [4.69, 9.17) is 0 Å². The van der Waals surface area contributed by atoms with Gasteiger partial charge in [0.1, 0.15) is 0 Å². The number of benzene rings is 9. The molecule has 60 heavy (non-hydrogen) atoms. The van der Waals surface area contributed by atoms with Gasteiger partial charge >= 0.3 is 0 Å². The first-order valence-electron chi connectivity index (χ1n) is 20.0.